The van der Waals surface area contributed by atoms with Gasteiger partial charge in [-0.15, -0.1) is 0 Å². The fourth-order valence-electron chi connectivity index (χ4n) is 3.61. The topological polar surface area (TPSA) is 85.8 Å². The van der Waals surface area contributed by atoms with Gasteiger partial charge in [-0.3, -0.25) is 14.6 Å². The maximum atomic E-state index is 12.7. The summed E-state index contributed by atoms with van der Waals surface area (Å²) < 4.78 is 0. The largest absolute Gasteiger partial charge is 0.356 e. The van der Waals surface area contributed by atoms with Crippen LogP contribution in [-0.2, 0) is 17.6 Å². The average Bonchev–Trinajstić information content (AvgIpc) is 2.80. The lowest BCUT2D eigenvalue weighted by Gasteiger charge is -2.29. The molecule has 0 saturated carbocycles. The van der Waals surface area contributed by atoms with Crippen molar-refractivity contribution >= 4 is 23.5 Å². The van der Waals surface area contributed by atoms with E-state index in [1.165, 1.54) is 5.56 Å². The van der Waals surface area contributed by atoms with Gasteiger partial charge in [0.05, 0.1) is 6.54 Å². The fourth-order valence-corrected chi connectivity index (χ4v) is 3.61. The molecule has 1 heterocycles. The molecule has 0 aliphatic carbocycles. The van der Waals surface area contributed by atoms with Gasteiger partial charge in [0.1, 0.15) is 0 Å². The number of nitrogens with one attached hydrogen (secondary N) is 3. The lowest BCUT2D eigenvalue weighted by Crippen LogP contribution is -2.46. The number of guanidine groups is 1. The van der Waals surface area contributed by atoms with Crippen LogP contribution in [0.2, 0.25) is 0 Å². The summed E-state index contributed by atoms with van der Waals surface area (Å²) in [5.41, 5.74) is 3.93. The zero-order valence-corrected chi connectivity index (χ0v) is 17.6. The van der Waals surface area contributed by atoms with Crippen molar-refractivity contribution < 1.29 is 9.59 Å². The molecule has 0 bridgehead atoms. The van der Waals surface area contributed by atoms with Crippen molar-refractivity contribution in [3.05, 3.63) is 65.2 Å². The normalized spacial score (nSPS) is 13.4. The van der Waals surface area contributed by atoms with Gasteiger partial charge in [-0.1, -0.05) is 30.3 Å². The molecular weight excluding hydrogens is 378 g/mol. The Hall–Kier alpha value is -3.35. The van der Waals surface area contributed by atoms with Gasteiger partial charge in [-0.25, -0.2) is 0 Å². The van der Waals surface area contributed by atoms with Gasteiger partial charge in [0, 0.05) is 38.4 Å². The van der Waals surface area contributed by atoms with Crippen molar-refractivity contribution in [3.63, 3.8) is 0 Å². The second-order valence-electron chi connectivity index (χ2n) is 7.16. The van der Waals surface area contributed by atoms with Gasteiger partial charge in [0.25, 0.3) is 5.91 Å². The van der Waals surface area contributed by atoms with Crippen LogP contribution in [0.4, 0.5) is 5.69 Å². The van der Waals surface area contributed by atoms with E-state index < -0.39 is 0 Å². The number of aryl methyl sites for hydroxylation is 1. The van der Waals surface area contributed by atoms with Crippen LogP contribution in [0.1, 0.15) is 27.9 Å². The van der Waals surface area contributed by atoms with Crippen LogP contribution < -0.4 is 20.9 Å². The third-order valence-corrected chi connectivity index (χ3v) is 5.16. The number of anilines is 1. The van der Waals surface area contributed by atoms with Gasteiger partial charge >= 0.3 is 0 Å². The Morgan fingerprint density at radius 1 is 1.10 bits per heavy atom. The number of hydrogen-bond donors (Lipinski definition) is 3. The van der Waals surface area contributed by atoms with Crippen molar-refractivity contribution in [3.8, 4) is 0 Å². The molecule has 7 nitrogen and oxygen atoms in total. The van der Waals surface area contributed by atoms with E-state index in [4.69, 9.17) is 0 Å². The summed E-state index contributed by atoms with van der Waals surface area (Å²) in [5.74, 6) is 0.513. The van der Waals surface area contributed by atoms with Gasteiger partial charge in [-0.2, -0.15) is 0 Å². The lowest BCUT2D eigenvalue weighted by molar-refractivity contribution is -0.117. The highest BCUT2D eigenvalue weighted by Gasteiger charge is 2.21. The first-order valence-electron chi connectivity index (χ1n) is 10.3. The van der Waals surface area contributed by atoms with E-state index in [0.717, 1.165) is 37.1 Å². The summed E-state index contributed by atoms with van der Waals surface area (Å²) in [6, 6.07) is 15.6. The highest BCUT2D eigenvalue weighted by Crippen LogP contribution is 2.26. The number of benzene rings is 2. The van der Waals surface area contributed by atoms with Gasteiger partial charge in [-0.05, 0) is 48.6 Å². The minimum absolute atomic E-state index is 0.0309. The van der Waals surface area contributed by atoms with Crippen LogP contribution in [-0.4, -0.2) is 51.5 Å². The predicted molar refractivity (Wildman–Crippen MR) is 120 cm³/mol. The Kier molecular flexibility index (Phi) is 7.43. The molecule has 0 atom stereocenters. The van der Waals surface area contributed by atoms with Crippen molar-refractivity contribution in [1.29, 1.82) is 0 Å². The van der Waals surface area contributed by atoms with E-state index >= 15 is 0 Å². The van der Waals surface area contributed by atoms with Crippen LogP contribution in [0.25, 0.3) is 0 Å². The molecule has 1 aliphatic heterocycles. The molecule has 0 spiro atoms. The second kappa shape index (κ2) is 10.4. The number of hydrogen-bond acceptors (Lipinski definition) is 3. The molecule has 0 aromatic heterocycles. The SMILES string of the molecule is CN=C(NCCc1cccc(C(=O)NC)c1)NCC(=O)N1CCCc2ccccc21. The standard InChI is InChI=1S/C23H29N5O2/c1-24-22(30)19-9-5-7-17(15-19)12-13-26-23(25-2)27-16-21(29)28-14-6-10-18-8-3-4-11-20(18)28/h3-5,7-9,11,15H,6,10,12-14,16H2,1-2H3,(H,24,30)(H2,25,26,27). The first-order chi connectivity index (χ1) is 14.6. The Bertz CT molecular complexity index is 925. The van der Waals surface area contributed by atoms with Crippen LogP contribution in [0, 0.1) is 0 Å². The number of fused-ring (bicyclic) bond motifs is 1. The Morgan fingerprint density at radius 3 is 2.73 bits per heavy atom. The third kappa shape index (κ3) is 5.37. The molecule has 2 aromatic rings. The molecule has 2 aromatic carbocycles. The first kappa shape index (κ1) is 21.4. The van der Waals surface area contributed by atoms with Crippen molar-refractivity contribution in [2.24, 2.45) is 4.99 Å². The zero-order chi connectivity index (χ0) is 21.3. The van der Waals surface area contributed by atoms with E-state index in [-0.39, 0.29) is 18.4 Å². The maximum Gasteiger partial charge on any atom is 0.251 e. The number of aliphatic imine (C=N–C) groups is 1. The molecule has 30 heavy (non-hydrogen) atoms. The molecule has 1 aliphatic rings. The fraction of sp³-hybridized carbons (Fsp3) is 0.348. The molecule has 158 valence electrons. The van der Waals surface area contributed by atoms with Crippen molar-refractivity contribution in [2.75, 3.05) is 38.6 Å². The van der Waals surface area contributed by atoms with E-state index in [0.29, 0.717) is 18.1 Å². The minimum atomic E-state index is -0.0971. The zero-order valence-electron chi connectivity index (χ0n) is 17.6. The van der Waals surface area contributed by atoms with E-state index in [1.54, 1.807) is 20.2 Å². The van der Waals surface area contributed by atoms with Gasteiger partial charge in [0.2, 0.25) is 5.91 Å². The molecule has 0 unspecified atom stereocenters. The molecule has 0 radical (unpaired) electrons. The average molecular weight is 408 g/mol. The summed E-state index contributed by atoms with van der Waals surface area (Å²) in [7, 11) is 3.30. The molecule has 2 amide bonds. The second-order valence-corrected chi connectivity index (χ2v) is 7.16. The number of rotatable bonds is 6. The summed E-state index contributed by atoms with van der Waals surface area (Å²) in [4.78, 5) is 30.6. The van der Waals surface area contributed by atoms with Crippen molar-refractivity contribution in [2.45, 2.75) is 19.3 Å². The molecule has 0 fully saturated rings. The molecule has 7 heteroatoms. The van der Waals surface area contributed by atoms with Crippen LogP contribution in [0.5, 0.6) is 0 Å². The monoisotopic (exact) mass is 407 g/mol. The number of carbonyl (C=O) groups excluding carboxylic acids is 2. The predicted octanol–water partition coefficient (Wildman–Crippen LogP) is 1.73. The summed E-state index contributed by atoms with van der Waals surface area (Å²) >= 11 is 0. The minimum Gasteiger partial charge on any atom is -0.356 e. The Balaban J connectivity index is 1.49. The molecule has 0 saturated heterocycles. The number of carbonyl (C=O) groups is 2. The third-order valence-electron chi connectivity index (χ3n) is 5.16. The lowest BCUT2D eigenvalue weighted by atomic mass is 10.0. The molecule has 3 rings (SSSR count). The summed E-state index contributed by atoms with van der Waals surface area (Å²) in [6.07, 6.45) is 2.72. The van der Waals surface area contributed by atoms with Gasteiger partial charge in [0.15, 0.2) is 5.96 Å². The van der Waals surface area contributed by atoms with Crippen molar-refractivity contribution in [1.82, 2.24) is 16.0 Å². The maximum absolute atomic E-state index is 12.7. The van der Waals surface area contributed by atoms with Gasteiger partial charge < -0.3 is 20.9 Å². The van der Waals surface area contributed by atoms with Crippen LogP contribution in [0.3, 0.4) is 0 Å². The Labute approximate surface area is 177 Å². The highest BCUT2D eigenvalue weighted by atomic mass is 16.2. The number of amides is 2. The molecular formula is C23H29N5O2. The number of nitrogens with zero attached hydrogens (tertiary/aromatic N) is 2. The summed E-state index contributed by atoms with van der Waals surface area (Å²) in [6.45, 7) is 1.56. The van der Waals surface area contributed by atoms with E-state index in [2.05, 4.69) is 27.0 Å². The quantitative estimate of drug-likeness (QED) is 0.503. The van der Waals surface area contributed by atoms with Crippen LogP contribution in [0.15, 0.2) is 53.5 Å². The highest BCUT2D eigenvalue weighted by molar-refractivity contribution is 5.98. The first-order valence-corrected chi connectivity index (χ1v) is 10.3. The van der Waals surface area contributed by atoms with Crippen LogP contribution >= 0.6 is 0 Å². The smallest absolute Gasteiger partial charge is 0.251 e. The Morgan fingerprint density at radius 2 is 1.93 bits per heavy atom. The number of para-hydroxylation sites is 1. The summed E-state index contributed by atoms with van der Waals surface area (Å²) in [5, 5.41) is 8.96. The van der Waals surface area contributed by atoms with E-state index in [1.807, 2.05) is 41.3 Å². The molecule has 3 N–H and O–H groups in total. The van der Waals surface area contributed by atoms with E-state index in [9.17, 15) is 9.59 Å².